The summed E-state index contributed by atoms with van der Waals surface area (Å²) in [6.07, 6.45) is 2.96. The van der Waals surface area contributed by atoms with Gasteiger partial charge in [-0.05, 0) is 61.6 Å². The van der Waals surface area contributed by atoms with Crippen molar-refractivity contribution in [3.05, 3.63) is 96.6 Å². The van der Waals surface area contributed by atoms with Crippen LogP contribution in [0.4, 0.5) is 10.5 Å². The molecule has 0 fully saturated rings. The maximum atomic E-state index is 13.1. The monoisotopic (exact) mass is 537 g/mol. The maximum absolute atomic E-state index is 13.1. The van der Waals surface area contributed by atoms with Crippen molar-refractivity contribution in [2.45, 2.75) is 29.9 Å². The summed E-state index contributed by atoms with van der Waals surface area (Å²) in [5.41, 5.74) is 1.12. The molecule has 0 aliphatic rings. The van der Waals surface area contributed by atoms with Gasteiger partial charge in [0.25, 0.3) is 0 Å². The van der Waals surface area contributed by atoms with Gasteiger partial charge in [0.1, 0.15) is 24.2 Å². The molecule has 0 spiro atoms. The van der Waals surface area contributed by atoms with Gasteiger partial charge in [-0.3, -0.25) is 5.32 Å². The molecule has 0 heterocycles. The molecular weight excluding hydrogens is 506 g/mol. The molecule has 200 valence electrons. The molecule has 0 unspecified atom stereocenters. The van der Waals surface area contributed by atoms with Gasteiger partial charge in [-0.25, -0.2) is 9.59 Å². The molecule has 9 heteroatoms. The van der Waals surface area contributed by atoms with E-state index in [9.17, 15) is 14.7 Å². The number of carbonyl (C=O) groups excluding carboxylic acids is 1. The second-order valence-corrected chi connectivity index (χ2v) is 8.96. The summed E-state index contributed by atoms with van der Waals surface area (Å²) in [7, 11) is 0. The lowest BCUT2D eigenvalue weighted by Gasteiger charge is -2.29. The number of carbonyl (C=O) groups is 2. The van der Waals surface area contributed by atoms with Gasteiger partial charge < -0.3 is 24.4 Å². The van der Waals surface area contributed by atoms with E-state index in [1.807, 2.05) is 36.6 Å². The zero-order valence-corrected chi connectivity index (χ0v) is 21.8. The molecule has 0 radical (unpaired) electrons. The number of para-hydroxylation sites is 2. The van der Waals surface area contributed by atoms with E-state index in [4.69, 9.17) is 19.3 Å². The van der Waals surface area contributed by atoms with Crippen molar-refractivity contribution >= 4 is 29.5 Å². The Bertz CT molecular complexity index is 1190. The number of thioether (sulfide) groups is 1. The number of rotatable bonds is 14. The molecule has 8 nitrogen and oxygen atoms in total. The van der Waals surface area contributed by atoms with E-state index in [2.05, 4.69) is 5.32 Å². The van der Waals surface area contributed by atoms with Crippen molar-refractivity contribution < 1.29 is 34.0 Å². The second kappa shape index (κ2) is 15.3. The summed E-state index contributed by atoms with van der Waals surface area (Å²) >= 11 is 1.59. The molecule has 0 bridgehead atoms. The SMILES string of the molecule is CSc1ccc(NC(=O)O[C@H](c2ccccc2OCCO)[C@@H](CC/C=C/C(=O)O)Oc2ccccc2)cc1. The Morgan fingerprint density at radius 3 is 2.39 bits per heavy atom. The number of nitrogens with one attached hydrogen (secondary N) is 1. The fourth-order valence-corrected chi connectivity index (χ4v) is 4.08. The van der Waals surface area contributed by atoms with E-state index in [0.717, 1.165) is 11.0 Å². The zero-order chi connectivity index (χ0) is 27.2. The Morgan fingerprint density at radius 2 is 1.71 bits per heavy atom. The van der Waals surface area contributed by atoms with Crippen LogP contribution in [0.2, 0.25) is 0 Å². The number of benzene rings is 3. The standard InChI is InChI=1S/C29H31NO7S/c1-38-23-17-15-21(16-18-23)30-29(34)37-28(24-11-5-6-12-25(24)35-20-19-31)26(13-7-8-14-27(32)33)36-22-9-3-2-4-10-22/h2-6,8-12,14-18,26,28,31H,7,13,19-20H2,1H3,(H,30,34)(H,32,33)/b14-8+/t26-,28-/m1/s1. The fourth-order valence-electron chi connectivity index (χ4n) is 3.67. The molecule has 1 amide bonds. The van der Waals surface area contributed by atoms with Crippen LogP contribution in [0.5, 0.6) is 11.5 Å². The summed E-state index contributed by atoms with van der Waals surface area (Å²) in [5.74, 6) is -0.0468. The quantitative estimate of drug-likeness (QED) is 0.171. The van der Waals surface area contributed by atoms with Crippen LogP contribution in [0, 0.1) is 0 Å². The highest BCUT2D eigenvalue weighted by Crippen LogP contribution is 2.34. The number of carboxylic acids is 1. The number of allylic oxidation sites excluding steroid dienone is 1. The number of anilines is 1. The zero-order valence-electron chi connectivity index (χ0n) is 21.0. The van der Waals surface area contributed by atoms with E-state index < -0.39 is 24.3 Å². The topological polar surface area (TPSA) is 114 Å². The van der Waals surface area contributed by atoms with Gasteiger partial charge in [0, 0.05) is 22.2 Å². The van der Waals surface area contributed by atoms with Gasteiger partial charge in [0.2, 0.25) is 0 Å². The van der Waals surface area contributed by atoms with Gasteiger partial charge in [0.15, 0.2) is 6.10 Å². The lowest BCUT2D eigenvalue weighted by Crippen LogP contribution is -2.31. The van der Waals surface area contributed by atoms with Gasteiger partial charge in [-0.1, -0.05) is 42.5 Å². The first kappa shape index (κ1) is 28.6. The fraction of sp³-hybridized carbons (Fsp3) is 0.241. The van der Waals surface area contributed by atoms with Crippen LogP contribution in [0.15, 0.2) is 95.9 Å². The third-order valence-corrected chi connectivity index (χ3v) is 6.13. The first-order chi connectivity index (χ1) is 18.5. The van der Waals surface area contributed by atoms with Crippen LogP contribution in [0.1, 0.15) is 24.5 Å². The van der Waals surface area contributed by atoms with E-state index >= 15 is 0 Å². The number of aliphatic hydroxyl groups excluding tert-OH is 1. The van der Waals surface area contributed by atoms with Gasteiger partial charge in [-0.2, -0.15) is 0 Å². The lowest BCUT2D eigenvalue weighted by molar-refractivity contribution is -0.131. The molecule has 0 aliphatic carbocycles. The van der Waals surface area contributed by atoms with Crippen molar-refractivity contribution in [1.82, 2.24) is 0 Å². The van der Waals surface area contributed by atoms with E-state index in [1.54, 1.807) is 60.3 Å². The minimum absolute atomic E-state index is 0.0588. The predicted molar refractivity (Wildman–Crippen MR) is 147 cm³/mol. The largest absolute Gasteiger partial charge is 0.491 e. The number of ether oxygens (including phenoxy) is 3. The van der Waals surface area contributed by atoms with Gasteiger partial charge >= 0.3 is 12.1 Å². The summed E-state index contributed by atoms with van der Waals surface area (Å²) in [4.78, 5) is 25.1. The van der Waals surface area contributed by atoms with Crippen LogP contribution in [-0.2, 0) is 9.53 Å². The highest BCUT2D eigenvalue weighted by Gasteiger charge is 2.31. The number of carboxylic acid groups (broad SMARTS) is 1. The first-order valence-electron chi connectivity index (χ1n) is 12.1. The molecule has 0 aromatic heterocycles. The number of hydrogen-bond acceptors (Lipinski definition) is 7. The van der Waals surface area contributed by atoms with Crippen LogP contribution in [0.3, 0.4) is 0 Å². The lowest BCUT2D eigenvalue weighted by atomic mass is 9.99. The van der Waals surface area contributed by atoms with Crippen LogP contribution >= 0.6 is 11.8 Å². The number of aliphatic hydroxyl groups is 1. The highest BCUT2D eigenvalue weighted by molar-refractivity contribution is 7.98. The Kier molecular flexibility index (Phi) is 11.5. The van der Waals surface area contributed by atoms with Crippen molar-refractivity contribution in [2.75, 3.05) is 24.8 Å². The van der Waals surface area contributed by atoms with Crippen LogP contribution < -0.4 is 14.8 Å². The summed E-state index contributed by atoms with van der Waals surface area (Å²) in [5, 5.41) is 21.0. The predicted octanol–water partition coefficient (Wildman–Crippen LogP) is 5.94. The third kappa shape index (κ3) is 9.17. The molecule has 3 aromatic carbocycles. The minimum Gasteiger partial charge on any atom is -0.491 e. The molecule has 3 aromatic rings. The summed E-state index contributed by atoms with van der Waals surface area (Å²) in [6.45, 7) is -0.125. The molecular formula is C29H31NO7S. The normalized spacial score (nSPS) is 12.5. The molecule has 3 rings (SSSR count). The van der Waals surface area contributed by atoms with Crippen LogP contribution in [0.25, 0.3) is 0 Å². The van der Waals surface area contributed by atoms with Crippen molar-refractivity contribution in [3.63, 3.8) is 0 Å². The van der Waals surface area contributed by atoms with Gasteiger partial charge in [0.05, 0.1) is 6.61 Å². The maximum Gasteiger partial charge on any atom is 0.412 e. The van der Waals surface area contributed by atoms with E-state index in [0.29, 0.717) is 35.6 Å². The van der Waals surface area contributed by atoms with Crippen molar-refractivity contribution in [1.29, 1.82) is 0 Å². The Labute approximate surface area is 226 Å². The molecule has 38 heavy (non-hydrogen) atoms. The van der Waals surface area contributed by atoms with Crippen LogP contribution in [-0.4, -0.2) is 47.8 Å². The number of hydrogen-bond donors (Lipinski definition) is 3. The second-order valence-electron chi connectivity index (χ2n) is 8.08. The molecule has 3 N–H and O–H groups in total. The number of aliphatic carboxylic acids is 1. The van der Waals surface area contributed by atoms with E-state index in [-0.39, 0.29) is 13.2 Å². The average Bonchev–Trinajstić information content (AvgIpc) is 2.93. The molecule has 2 atom stereocenters. The summed E-state index contributed by atoms with van der Waals surface area (Å²) < 4.78 is 18.0. The number of amides is 1. The summed E-state index contributed by atoms with van der Waals surface area (Å²) in [6, 6.07) is 23.5. The first-order valence-corrected chi connectivity index (χ1v) is 13.3. The van der Waals surface area contributed by atoms with Gasteiger partial charge in [-0.15, -0.1) is 11.8 Å². The smallest absolute Gasteiger partial charge is 0.412 e. The molecule has 0 saturated carbocycles. The van der Waals surface area contributed by atoms with Crippen molar-refractivity contribution in [2.24, 2.45) is 0 Å². The Hall–Kier alpha value is -3.95. The molecule has 0 aliphatic heterocycles. The third-order valence-electron chi connectivity index (χ3n) is 5.39. The van der Waals surface area contributed by atoms with Crippen molar-refractivity contribution in [3.8, 4) is 11.5 Å². The van der Waals surface area contributed by atoms with E-state index in [1.165, 1.54) is 6.08 Å². The molecule has 0 saturated heterocycles. The highest BCUT2D eigenvalue weighted by atomic mass is 32.2. The minimum atomic E-state index is -1.05. The Balaban J connectivity index is 1.93. The Morgan fingerprint density at radius 1 is 1.00 bits per heavy atom. The average molecular weight is 538 g/mol.